The highest BCUT2D eigenvalue weighted by atomic mass is 16.2. The number of likely N-dealkylation sites (tertiary alicyclic amines) is 2. The SMILES string of the molecule is Cc1cc(C)n([C@@H](C)CC(=O)N2CCCC[C@H]2CCN2CCCC2)n1. The standard InChI is InChI=1S/C20H34N4O/c1-16-14-17(2)24(21-16)18(3)15-20(25)23-12-5-4-8-19(23)9-13-22-10-6-7-11-22/h14,18-19H,4-13,15H2,1-3H3/t18-,19-/m0/s1. The van der Waals surface area contributed by atoms with Crippen molar-refractivity contribution in [2.75, 3.05) is 26.2 Å². The lowest BCUT2D eigenvalue weighted by Gasteiger charge is -2.37. The molecule has 1 aromatic rings. The van der Waals surface area contributed by atoms with E-state index < -0.39 is 0 Å². The van der Waals surface area contributed by atoms with Crippen molar-refractivity contribution < 1.29 is 4.79 Å². The number of amides is 1. The van der Waals surface area contributed by atoms with Crippen molar-refractivity contribution in [3.05, 3.63) is 17.5 Å². The van der Waals surface area contributed by atoms with Crippen LogP contribution in [0.15, 0.2) is 6.07 Å². The fourth-order valence-corrected chi connectivity index (χ4v) is 4.52. The number of carbonyl (C=O) groups excluding carboxylic acids is 1. The molecule has 2 aliphatic heterocycles. The van der Waals surface area contributed by atoms with Gasteiger partial charge >= 0.3 is 0 Å². The molecule has 0 aliphatic carbocycles. The molecule has 0 aromatic carbocycles. The third-order valence-corrected chi connectivity index (χ3v) is 5.86. The molecule has 1 amide bonds. The van der Waals surface area contributed by atoms with E-state index in [-0.39, 0.29) is 6.04 Å². The largest absolute Gasteiger partial charge is 0.340 e. The number of hydrogen-bond donors (Lipinski definition) is 0. The van der Waals surface area contributed by atoms with Crippen molar-refractivity contribution in [3.63, 3.8) is 0 Å². The average Bonchev–Trinajstić information content (AvgIpc) is 3.22. The molecule has 1 aromatic heterocycles. The molecule has 5 nitrogen and oxygen atoms in total. The van der Waals surface area contributed by atoms with Crippen LogP contribution in [0, 0.1) is 13.8 Å². The maximum absolute atomic E-state index is 13.0. The summed E-state index contributed by atoms with van der Waals surface area (Å²) in [5.74, 6) is 0.311. The van der Waals surface area contributed by atoms with Gasteiger partial charge in [-0.3, -0.25) is 9.48 Å². The maximum Gasteiger partial charge on any atom is 0.224 e. The number of rotatable bonds is 6. The van der Waals surface area contributed by atoms with Gasteiger partial charge in [-0.1, -0.05) is 0 Å². The molecule has 2 aliphatic rings. The summed E-state index contributed by atoms with van der Waals surface area (Å²) in [6, 6.07) is 2.65. The Balaban J connectivity index is 1.57. The first-order valence-electron chi connectivity index (χ1n) is 10.1. The van der Waals surface area contributed by atoms with Crippen LogP contribution in [0.2, 0.25) is 0 Å². The Hall–Kier alpha value is -1.36. The van der Waals surface area contributed by atoms with Crippen molar-refractivity contribution in [2.45, 2.75) is 77.8 Å². The predicted molar refractivity (Wildman–Crippen MR) is 101 cm³/mol. The first-order chi connectivity index (χ1) is 12.0. The third kappa shape index (κ3) is 4.63. The van der Waals surface area contributed by atoms with Crippen LogP contribution < -0.4 is 0 Å². The predicted octanol–water partition coefficient (Wildman–Crippen LogP) is 3.32. The van der Waals surface area contributed by atoms with Crippen LogP contribution in [0.1, 0.15) is 69.3 Å². The smallest absolute Gasteiger partial charge is 0.224 e. The number of hydrogen-bond acceptors (Lipinski definition) is 3. The van der Waals surface area contributed by atoms with E-state index in [0.717, 1.165) is 37.3 Å². The molecule has 0 bridgehead atoms. The minimum atomic E-state index is 0.127. The van der Waals surface area contributed by atoms with Crippen molar-refractivity contribution in [2.24, 2.45) is 0 Å². The van der Waals surface area contributed by atoms with Gasteiger partial charge < -0.3 is 9.80 Å². The summed E-state index contributed by atoms with van der Waals surface area (Å²) in [6.45, 7) is 10.8. The second-order valence-corrected chi connectivity index (χ2v) is 8.00. The Labute approximate surface area is 152 Å². The summed E-state index contributed by atoms with van der Waals surface area (Å²) >= 11 is 0. The van der Waals surface area contributed by atoms with E-state index in [1.165, 1.54) is 38.8 Å². The molecule has 0 saturated carbocycles. The van der Waals surface area contributed by atoms with Gasteiger partial charge in [0, 0.05) is 31.2 Å². The fraction of sp³-hybridized carbons (Fsp3) is 0.800. The zero-order valence-electron chi connectivity index (χ0n) is 16.2. The molecule has 2 fully saturated rings. The fourth-order valence-electron chi connectivity index (χ4n) is 4.52. The van der Waals surface area contributed by atoms with E-state index in [0.29, 0.717) is 18.4 Å². The van der Waals surface area contributed by atoms with E-state index in [9.17, 15) is 4.79 Å². The molecule has 0 unspecified atom stereocenters. The Morgan fingerprint density at radius 2 is 1.92 bits per heavy atom. The molecule has 3 rings (SSSR count). The monoisotopic (exact) mass is 346 g/mol. The molecule has 0 radical (unpaired) electrons. The van der Waals surface area contributed by atoms with Gasteiger partial charge in [0.1, 0.15) is 0 Å². The van der Waals surface area contributed by atoms with Gasteiger partial charge in [0.15, 0.2) is 0 Å². The van der Waals surface area contributed by atoms with Gasteiger partial charge in [-0.15, -0.1) is 0 Å². The molecular weight excluding hydrogens is 312 g/mol. The van der Waals surface area contributed by atoms with E-state index in [1.807, 2.05) is 11.6 Å². The van der Waals surface area contributed by atoms with Gasteiger partial charge in [0.2, 0.25) is 5.91 Å². The second kappa shape index (κ2) is 8.35. The summed E-state index contributed by atoms with van der Waals surface area (Å²) < 4.78 is 2.01. The molecule has 140 valence electrons. The normalized spacial score (nSPS) is 23.2. The van der Waals surface area contributed by atoms with E-state index in [2.05, 4.69) is 34.8 Å². The molecular formula is C20H34N4O. The number of aryl methyl sites for hydroxylation is 2. The van der Waals surface area contributed by atoms with Crippen LogP contribution in [0.3, 0.4) is 0 Å². The number of carbonyl (C=O) groups is 1. The number of piperidine rings is 1. The van der Waals surface area contributed by atoms with Crippen molar-refractivity contribution in [1.82, 2.24) is 19.6 Å². The first-order valence-corrected chi connectivity index (χ1v) is 10.1. The quantitative estimate of drug-likeness (QED) is 0.793. The summed E-state index contributed by atoms with van der Waals surface area (Å²) in [5.41, 5.74) is 2.17. The van der Waals surface area contributed by atoms with Gasteiger partial charge in [-0.05, 0) is 78.5 Å². The van der Waals surface area contributed by atoms with E-state index in [1.54, 1.807) is 0 Å². The van der Waals surface area contributed by atoms with Crippen molar-refractivity contribution >= 4 is 5.91 Å². The van der Waals surface area contributed by atoms with Crippen LogP contribution in [-0.2, 0) is 4.79 Å². The minimum absolute atomic E-state index is 0.127. The van der Waals surface area contributed by atoms with E-state index >= 15 is 0 Å². The molecule has 2 saturated heterocycles. The number of nitrogens with zero attached hydrogens (tertiary/aromatic N) is 4. The minimum Gasteiger partial charge on any atom is -0.340 e. The lowest BCUT2D eigenvalue weighted by molar-refractivity contribution is -0.135. The molecule has 0 spiro atoms. The summed E-state index contributed by atoms with van der Waals surface area (Å²) in [6.07, 6.45) is 7.97. The highest BCUT2D eigenvalue weighted by Crippen LogP contribution is 2.24. The van der Waals surface area contributed by atoms with Crippen molar-refractivity contribution in [3.8, 4) is 0 Å². The topological polar surface area (TPSA) is 41.4 Å². The lowest BCUT2D eigenvalue weighted by Crippen LogP contribution is -2.45. The third-order valence-electron chi connectivity index (χ3n) is 5.86. The van der Waals surface area contributed by atoms with Gasteiger partial charge in [0.25, 0.3) is 0 Å². The second-order valence-electron chi connectivity index (χ2n) is 8.00. The van der Waals surface area contributed by atoms with Crippen LogP contribution >= 0.6 is 0 Å². The van der Waals surface area contributed by atoms with Gasteiger partial charge in [0.05, 0.1) is 11.7 Å². The Morgan fingerprint density at radius 3 is 2.60 bits per heavy atom. The van der Waals surface area contributed by atoms with Crippen LogP contribution in [-0.4, -0.2) is 57.7 Å². The molecule has 2 atom stereocenters. The van der Waals surface area contributed by atoms with Crippen molar-refractivity contribution in [1.29, 1.82) is 0 Å². The van der Waals surface area contributed by atoms with Crippen LogP contribution in [0.5, 0.6) is 0 Å². The summed E-state index contributed by atoms with van der Waals surface area (Å²) in [5, 5.41) is 4.56. The molecule has 0 N–H and O–H groups in total. The van der Waals surface area contributed by atoms with Gasteiger partial charge in [-0.25, -0.2) is 0 Å². The lowest BCUT2D eigenvalue weighted by atomic mass is 9.98. The highest BCUT2D eigenvalue weighted by Gasteiger charge is 2.28. The Kier molecular flexibility index (Phi) is 6.15. The average molecular weight is 347 g/mol. The molecule has 5 heteroatoms. The molecule has 3 heterocycles. The Morgan fingerprint density at radius 1 is 1.20 bits per heavy atom. The highest BCUT2D eigenvalue weighted by molar-refractivity contribution is 5.77. The van der Waals surface area contributed by atoms with E-state index in [4.69, 9.17) is 0 Å². The maximum atomic E-state index is 13.0. The first kappa shape index (κ1) is 18.4. The molecule has 25 heavy (non-hydrogen) atoms. The zero-order chi connectivity index (χ0) is 17.8. The Bertz CT molecular complexity index is 576. The van der Waals surface area contributed by atoms with Gasteiger partial charge in [-0.2, -0.15) is 5.10 Å². The summed E-state index contributed by atoms with van der Waals surface area (Å²) in [4.78, 5) is 17.7. The van der Waals surface area contributed by atoms with Crippen LogP contribution in [0.4, 0.5) is 0 Å². The van der Waals surface area contributed by atoms with Crippen LogP contribution in [0.25, 0.3) is 0 Å². The zero-order valence-corrected chi connectivity index (χ0v) is 16.2. The number of aromatic nitrogens is 2. The summed E-state index contributed by atoms with van der Waals surface area (Å²) in [7, 11) is 0.